The van der Waals surface area contributed by atoms with E-state index in [4.69, 9.17) is 14.7 Å². The number of allylic oxidation sites excluding steroid dienone is 4. The number of phenols is 2. The minimum absolute atomic E-state index is 0.0265. The summed E-state index contributed by atoms with van der Waals surface area (Å²) < 4.78 is 5.36. The number of methoxy groups -OCH3 is 1. The summed E-state index contributed by atoms with van der Waals surface area (Å²) in [6, 6.07) is 12.1. The number of hydrogen-bond donors (Lipinski definition) is 2. The Balaban J connectivity index is 1.69. The van der Waals surface area contributed by atoms with Gasteiger partial charge in [0.05, 0.1) is 18.2 Å². The molecule has 1 aliphatic carbocycles. The minimum Gasteiger partial charge on any atom is -0.508 e. The molecule has 0 aromatic heterocycles. The molecular weight excluding hydrogens is 416 g/mol. The number of fused-ring (bicyclic) bond motifs is 2. The van der Waals surface area contributed by atoms with Crippen LogP contribution in [0.4, 0.5) is 0 Å². The van der Waals surface area contributed by atoms with Crippen molar-refractivity contribution in [3.8, 4) is 17.2 Å². The standard InChI is InChI=1S/C26H22N4O3/c1-25-13-4-3-5-21(25)28-23-26(16-6-9-18(33-2)10-7-16,19-11-8-17(31)15-20(19)32)29-24-27-14-12-22(25)30(23)24/h3-12,14-15,31-32H,13H2,1-2H3. The van der Waals surface area contributed by atoms with E-state index in [9.17, 15) is 10.2 Å². The monoisotopic (exact) mass is 438 g/mol. The van der Waals surface area contributed by atoms with Crippen LogP contribution in [0, 0.1) is 5.41 Å². The van der Waals surface area contributed by atoms with Crippen molar-refractivity contribution in [2.75, 3.05) is 7.11 Å². The third-order valence-corrected chi connectivity index (χ3v) is 6.82. The SMILES string of the molecule is COc1ccc(C2(c3ccc(O)cc3O)N=C3N=CC=C4N3C2=NC2=CC=CCC24C)cc1. The molecule has 2 unspecified atom stereocenters. The number of nitrogens with zero attached hydrogens (tertiary/aromatic N) is 4. The molecule has 0 amide bonds. The van der Waals surface area contributed by atoms with E-state index >= 15 is 0 Å². The van der Waals surface area contributed by atoms with Gasteiger partial charge in [-0.25, -0.2) is 15.0 Å². The molecule has 0 spiro atoms. The summed E-state index contributed by atoms with van der Waals surface area (Å²) in [7, 11) is 1.62. The average Bonchev–Trinajstić information content (AvgIpc) is 3.15. The molecule has 2 aromatic carbocycles. The molecule has 3 aliphatic heterocycles. The highest BCUT2D eigenvalue weighted by atomic mass is 16.5. The maximum absolute atomic E-state index is 11.0. The fraction of sp³-hybridized carbons (Fsp3) is 0.192. The molecule has 33 heavy (non-hydrogen) atoms. The maximum atomic E-state index is 11.0. The van der Waals surface area contributed by atoms with Crippen LogP contribution in [0.5, 0.6) is 17.2 Å². The summed E-state index contributed by atoms with van der Waals surface area (Å²) in [5, 5.41) is 21.0. The molecule has 0 radical (unpaired) electrons. The van der Waals surface area contributed by atoms with Crippen molar-refractivity contribution < 1.29 is 14.9 Å². The number of ether oxygens (including phenoxy) is 1. The van der Waals surface area contributed by atoms with Crippen LogP contribution in [0.2, 0.25) is 0 Å². The van der Waals surface area contributed by atoms with Gasteiger partial charge in [0.25, 0.3) is 0 Å². The molecular formula is C26H22N4O3. The van der Waals surface area contributed by atoms with Crippen molar-refractivity contribution in [1.82, 2.24) is 4.90 Å². The van der Waals surface area contributed by atoms with E-state index in [1.54, 1.807) is 25.5 Å². The molecule has 2 atom stereocenters. The minimum atomic E-state index is -1.16. The Morgan fingerprint density at radius 1 is 1.06 bits per heavy atom. The van der Waals surface area contributed by atoms with Crippen LogP contribution in [0.25, 0.3) is 0 Å². The van der Waals surface area contributed by atoms with Gasteiger partial charge in [0.15, 0.2) is 11.4 Å². The Morgan fingerprint density at radius 2 is 1.88 bits per heavy atom. The van der Waals surface area contributed by atoms with E-state index in [0.29, 0.717) is 23.1 Å². The number of aliphatic imine (C=N–C) groups is 3. The Bertz CT molecular complexity index is 1370. The van der Waals surface area contributed by atoms with Crippen molar-refractivity contribution in [3.05, 3.63) is 89.3 Å². The van der Waals surface area contributed by atoms with Crippen LogP contribution < -0.4 is 4.74 Å². The van der Waals surface area contributed by atoms with Gasteiger partial charge in [-0.3, -0.25) is 4.90 Å². The first-order chi connectivity index (χ1) is 16.0. The van der Waals surface area contributed by atoms with E-state index in [1.165, 1.54) is 6.07 Å². The lowest BCUT2D eigenvalue weighted by Crippen LogP contribution is -2.49. The first kappa shape index (κ1) is 19.5. The van der Waals surface area contributed by atoms with Crippen molar-refractivity contribution in [2.24, 2.45) is 20.4 Å². The Kier molecular flexibility index (Phi) is 3.96. The Morgan fingerprint density at radius 3 is 2.64 bits per heavy atom. The average molecular weight is 438 g/mol. The largest absolute Gasteiger partial charge is 0.508 e. The summed E-state index contributed by atoms with van der Waals surface area (Å²) in [6.45, 7) is 2.18. The fourth-order valence-corrected chi connectivity index (χ4v) is 5.08. The van der Waals surface area contributed by atoms with Crippen molar-refractivity contribution >= 4 is 18.0 Å². The molecule has 7 nitrogen and oxygen atoms in total. The molecule has 164 valence electrons. The van der Waals surface area contributed by atoms with Gasteiger partial charge >= 0.3 is 0 Å². The number of phenolic OH excluding ortho intramolecular Hbond substituents is 2. The second kappa shape index (κ2) is 6.68. The molecule has 7 heteroatoms. The highest BCUT2D eigenvalue weighted by Gasteiger charge is 2.57. The summed E-state index contributed by atoms with van der Waals surface area (Å²) in [5.74, 6) is 1.78. The normalized spacial score (nSPS) is 26.7. The summed E-state index contributed by atoms with van der Waals surface area (Å²) in [4.78, 5) is 16.8. The zero-order chi connectivity index (χ0) is 22.8. The third-order valence-electron chi connectivity index (χ3n) is 6.82. The topological polar surface area (TPSA) is 90.0 Å². The van der Waals surface area contributed by atoms with Crippen molar-refractivity contribution in [1.29, 1.82) is 0 Å². The molecule has 0 bridgehead atoms. The summed E-state index contributed by atoms with van der Waals surface area (Å²) >= 11 is 0. The van der Waals surface area contributed by atoms with Gasteiger partial charge in [0.1, 0.15) is 17.2 Å². The Hall–Kier alpha value is -4.13. The van der Waals surface area contributed by atoms with Crippen LogP contribution in [0.15, 0.2) is 93.1 Å². The second-order valence-corrected chi connectivity index (χ2v) is 8.67. The number of rotatable bonds is 3. The second-order valence-electron chi connectivity index (χ2n) is 8.67. The van der Waals surface area contributed by atoms with Crippen LogP contribution in [-0.4, -0.2) is 40.2 Å². The molecule has 2 aromatic rings. The number of hydrogen-bond acceptors (Lipinski definition) is 7. The lowest BCUT2D eigenvalue weighted by molar-refractivity contribution is 0.389. The molecule has 4 aliphatic rings. The van der Waals surface area contributed by atoms with Gasteiger partial charge in [-0.15, -0.1) is 0 Å². The van der Waals surface area contributed by atoms with E-state index in [1.807, 2.05) is 47.4 Å². The maximum Gasteiger partial charge on any atom is 0.232 e. The van der Waals surface area contributed by atoms with Crippen molar-refractivity contribution in [3.63, 3.8) is 0 Å². The predicted octanol–water partition coefficient (Wildman–Crippen LogP) is 4.25. The van der Waals surface area contributed by atoms with Crippen LogP contribution in [0.1, 0.15) is 24.5 Å². The van der Waals surface area contributed by atoms with E-state index in [-0.39, 0.29) is 16.9 Å². The molecule has 0 saturated heterocycles. The van der Waals surface area contributed by atoms with Gasteiger partial charge in [0.2, 0.25) is 5.96 Å². The predicted molar refractivity (Wildman–Crippen MR) is 127 cm³/mol. The molecule has 6 rings (SSSR count). The number of guanidine groups is 1. The van der Waals surface area contributed by atoms with Gasteiger partial charge < -0.3 is 14.9 Å². The molecule has 0 fully saturated rings. The van der Waals surface area contributed by atoms with Gasteiger partial charge in [-0.05, 0) is 55.3 Å². The Labute approximate surface area is 191 Å². The van der Waals surface area contributed by atoms with Gasteiger partial charge in [-0.2, -0.15) is 0 Å². The number of amidine groups is 1. The summed E-state index contributed by atoms with van der Waals surface area (Å²) in [5.41, 5.74) is 1.82. The zero-order valence-electron chi connectivity index (χ0n) is 18.2. The highest BCUT2D eigenvalue weighted by Crippen LogP contribution is 2.54. The highest BCUT2D eigenvalue weighted by molar-refractivity contribution is 6.18. The van der Waals surface area contributed by atoms with E-state index < -0.39 is 5.54 Å². The van der Waals surface area contributed by atoms with Crippen molar-refractivity contribution in [2.45, 2.75) is 18.9 Å². The van der Waals surface area contributed by atoms with Gasteiger partial charge in [0, 0.05) is 23.5 Å². The third kappa shape index (κ3) is 2.53. The van der Waals surface area contributed by atoms with Crippen LogP contribution >= 0.6 is 0 Å². The number of benzene rings is 2. The van der Waals surface area contributed by atoms with E-state index in [2.05, 4.69) is 18.0 Å². The first-order valence-corrected chi connectivity index (χ1v) is 10.8. The quantitative estimate of drug-likeness (QED) is 0.750. The fourth-order valence-electron chi connectivity index (χ4n) is 5.08. The lowest BCUT2D eigenvalue weighted by Gasteiger charge is -2.45. The lowest BCUT2D eigenvalue weighted by atomic mass is 9.73. The number of aromatic hydroxyl groups is 2. The molecule has 0 saturated carbocycles. The van der Waals surface area contributed by atoms with Crippen LogP contribution in [-0.2, 0) is 5.54 Å². The molecule has 3 heterocycles. The zero-order valence-corrected chi connectivity index (χ0v) is 18.2. The van der Waals surface area contributed by atoms with E-state index in [0.717, 1.165) is 23.4 Å². The first-order valence-electron chi connectivity index (χ1n) is 10.8. The van der Waals surface area contributed by atoms with Crippen LogP contribution in [0.3, 0.4) is 0 Å². The van der Waals surface area contributed by atoms with Gasteiger partial charge in [-0.1, -0.05) is 24.3 Å². The molecule has 2 N–H and O–H groups in total. The smallest absolute Gasteiger partial charge is 0.232 e. The summed E-state index contributed by atoms with van der Waals surface area (Å²) in [6.07, 6.45) is 10.8.